The van der Waals surface area contributed by atoms with Gasteiger partial charge in [0.25, 0.3) is 0 Å². The Hall–Kier alpha value is 0.391. The van der Waals surface area contributed by atoms with Gasteiger partial charge in [0.1, 0.15) is 8.24 Å². The van der Waals surface area contributed by atoms with E-state index in [9.17, 15) is 0 Å². The first kappa shape index (κ1) is 24.7. The van der Waals surface area contributed by atoms with E-state index in [0.29, 0.717) is 35.8 Å². The normalized spacial score (nSPS) is 35.8. The first-order chi connectivity index (χ1) is 12.9. The Bertz CT molecular complexity index is 598. The third-order valence-corrected chi connectivity index (χ3v) is 11.2. The molecular formula is C22H34Cl2N2SiTi-2. The molecule has 4 aliphatic rings. The van der Waals surface area contributed by atoms with Gasteiger partial charge in [0.15, 0.2) is 0 Å². The fourth-order valence-corrected chi connectivity index (χ4v) is 10.6. The van der Waals surface area contributed by atoms with Gasteiger partial charge < -0.3 is 17.3 Å². The van der Waals surface area contributed by atoms with Gasteiger partial charge in [-0.3, -0.25) is 0 Å². The van der Waals surface area contributed by atoms with Crippen molar-refractivity contribution in [2.45, 2.75) is 38.6 Å². The van der Waals surface area contributed by atoms with Crippen LogP contribution in [0.2, 0.25) is 18.6 Å². The molecule has 0 bridgehead atoms. The van der Waals surface area contributed by atoms with Crippen LogP contribution in [-0.2, 0) is 17.0 Å². The van der Waals surface area contributed by atoms with E-state index >= 15 is 0 Å². The zero-order valence-corrected chi connectivity index (χ0v) is 21.8. The standard InChI is InChI=1S/C21H31N2Si.CH3.2ClH.Ti/c1-15(2)21-22-13-14-23(21)24(3,4)20-18-11-7-5-9-16(18)17-10-6-8-12-19(17)20;;;;/h5-12,15-21H,13-14H2,1-4H3;1H3;2*1H;/q2*-1;;;+2/p-2/t16?,17?,18?,19?,20?,21-;;;;/m0..../s1. The molecular weight excluding hydrogens is 439 g/mol. The van der Waals surface area contributed by atoms with Crippen LogP contribution in [0.4, 0.5) is 0 Å². The van der Waals surface area contributed by atoms with Crippen LogP contribution >= 0.6 is 18.6 Å². The number of hydrogen-bond donors (Lipinski definition) is 0. The molecule has 1 saturated heterocycles. The van der Waals surface area contributed by atoms with Crippen molar-refractivity contribution in [1.29, 1.82) is 0 Å². The number of hydrogen-bond acceptors (Lipinski definition) is 1. The van der Waals surface area contributed by atoms with Gasteiger partial charge in [0.05, 0.1) is 0 Å². The second kappa shape index (κ2) is 10.6. The number of fused-ring (bicyclic) bond motifs is 3. The monoisotopic (exact) mass is 472 g/mol. The van der Waals surface area contributed by atoms with Gasteiger partial charge in [-0.25, -0.2) is 0 Å². The van der Waals surface area contributed by atoms with E-state index in [4.69, 9.17) is 23.9 Å². The molecule has 1 aliphatic heterocycles. The molecule has 2 fully saturated rings. The van der Waals surface area contributed by atoms with Gasteiger partial charge >= 0.3 is 35.6 Å². The minimum absolute atomic E-state index is 0. The van der Waals surface area contributed by atoms with Crippen LogP contribution in [0.5, 0.6) is 0 Å². The SMILES string of the molecule is CC(C)[C@H]1[N-]CCN1[Si](C)(C)C1C2C=CC=CC2C2C=CC=CC21.[CH3-].[Cl][Ti][Cl]. The Labute approximate surface area is 190 Å². The van der Waals surface area contributed by atoms with Crippen molar-refractivity contribution in [3.63, 3.8) is 0 Å². The van der Waals surface area contributed by atoms with Gasteiger partial charge in [-0.05, 0) is 35.8 Å². The minimum atomic E-state index is -1.61. The molecule has 1 heterocycles. The fourth-order valence-electron chi connectivity index (χ4n) is 5.89. The quantitative estimate of drug-likeness (QED) is 0.326. The first-order valence-corrected chi connectivity index (χ1v) is 17.3. The van der Waals surface area contributed by atoms with E-state index in [1.54, 1.807) is 0 Å². The zero-order valence-electron chi connectivity index (χ0n) is 17.7. The maximum absolute atomic E-state index is 4.96. The van der Waals surface area contributed by atoms with Crippen molar-refractivity contribution in [2.75, 3.05) is 13.1 Å². The average molecular weight is 473 g/mol. The predicted molar refractivity (Wildman–Crippen MR) is 123 cm³/mol. The van der Waals surface area contributed by atoms with Crippen LogP contribution in [0.3, 0.4) is 0 Å². The number of rotatable bonds is 3. The summed E-state index contributed by atoms with van der Waals surface area (Å²) in [7, 11) is 8.17. The number of allylic oxidation sites excluding steroid dienone is 8. The van der Waals surface area contributed by atoms with E-state index < -0.39 is 25.3 Å². The average Bonchev–Trinajstić information content (AvgIpc) is 3.26. The third kappa shape index (κ3) is 4.67. The number of nitrogens with zero attached hydrogens (tertiary/aromatic N) is 2. The van der Waals surface area contributed by atoms with E-state index in [0.717, 1.165) is 12.1 Å². The summed E-state index contributed by atoms with van der Waals surface area (Å²) >= 11 is -0.556. The Balaban J connectivity index is 0.000000660. The van der Waals surface area contributed by atoms with Gasteiger partial charge in [0.2, 0.25) is 0 Å². The molecule has 0 aromatic carbocycles. The van der Waals surface area contributed by atoms with Crippen molar-refractivity contribution in [3.8, 4) is 0 Å². The summed E-state index contributed by atoms with van der Waals surface area (Å²) < 4.78 is 2.85. The summed E-state index contributed by atoms with van der Waals surface area (Å²) in [5.74, 6) is 3.40. The second-order valence-corrected chi connectivity index (χ2v) is 16.0. The molecule has 0 radical (unpaired) electrons. The van der Waals surface area contributed by atoms with Crippen LogP contribution in [-0.4, -0.2) is 32.1 Å². The fraction of sp³-hybridized carbons (Fsp3) is 0.591. The Morgan fingerprint density at radius 1 is 0.929 bits per heavy atom. The summed E-state index contributed by atoms with van der Waals surface area (Å²) in [6, 6.07) is 0. The summed E-state index contributed by atoms with van der Waals surface area (Å²) in [5.41, 5.74) is 0.782. The molecule has 4 unspecified atom stereocenters. The molecule has 0 aromatic rings. The van der Waals surface area contributed by atoms with E-state index in [1.165, 1.54) is 6.54 Å². The topological polar surface area (TPSA) is 17.3 Å². The zero-order chi connectivity index (χ0) is 19.6. The molecule has 6 heteroatoms. The molecule has 0 amide bonds. The van der Waals surface area contributed by atoms with Crippen molar-refractivity contribution in [2.24, 2.45) is 29.6 Å². The van der Waals surface area contributed by atoms with Crippen molar-refractivity contribution < 1.29 is 17.0 Å². The molecule has 0 N–H and O–H groups in total. The van der Waals surface area contributed by atoms with Gasteiger partial charge in [-0.2, -0.15) is 0 Å². The van der Waals surface area contributed by atoms with E-state index in [2.05, 4.69) is 80.1 Å². The molecule has 156 valence electrons. The Morgan fingerprint density at radius 2 is 1.36 bits per heavy atom. The van der Waals surface area contributed by atoms with Gasteiger partial charge in [-0.15, -0.1) is 6.54 Å². The third-order valence-electron chi connectivity index (χ3n) is 6.85. The summed E-state index contributed by atoms with van der Waals surface area (Å²) in [6.45, 7) is 12.1. The maximum atomic E-state index is 4.96. The molecule has 1 saturated carbocycles. The van der Waals surface area contributed by atoms with E-state index in [-0.39, 0.29) is 7.43 Å². The Morgan fingerprint density at radius 3 is 1.79 bits per heavy atom. The Kier molecular flexibility index (Phi) is 9.35. The molecule has 28 heavy (non-hydrogen) atoms. The summed E-state index contributed by atoms with van der Waals surface area (Å²) in [6.07, 6.45) is 19.5. The second-order valence-electron chi connectivity index (χ2n) is 8.86. The molecule has 2 nitrogen and oxygen atoms in total. The van der Waals surface area contributed by atoms with Crippen LogP contribution < -0.4 is 0 Å². The molecule has 3 aliphatic carbocycles. The molecule has 0 aromatic heterocycles. The summed E-state index contributed by atoms with van der Waals surface area (Å²) in [5, 5.41) is 4.96. The van der Waals surface area contributed by atoms with Crippen molar-refractivity contribution >= 4 is 26.8 Å². The van der Waals surface area contributed by atoms with Gasteiger partial charge in [-0.1, -0.05) is 87.6 Å². The predicted octanol–water partition coefficient (Wildman–Crippen LogP) is 6.79. The van der Waals surface area contributed by atoms with Crippen LogP contribution in [0.15, 0.2) is 48.6 Å². The number of halogens is 2. The first-order valence-electron chi connectivity index (χ1n) is 10.0. The van der Waals surface area contributed by atoms with Crippen LogP contribution in [0.25, 0.3) is 5.32 Å². The summed E-state index contributed by atoms with van der Waals surface area (Å²) in [4.78, 5) is 0. The van der Waals surface area contributed by atoms with Crippen molar-refractivity contribution in [3.05, 3.63) is 61.4 Å². The molecule has 0 spiro atoms. The van der Waals surface area contributed by atoms with E-state index in [1.807, 2.05) is 0 Å². The van der Waals surface area contributed by atoms with Gasteiger partial charge in [0, 0.05) is 0 Å². The van der Waals surface area contributed by atoms with Crippen molar-refractivity contribution in [1.82, 2.24) is 4.57 Å². The molecule has 5 atom stereocenters. The van der Waals surface area contributed by atoms with Crippen LogP contribution in [0, 0.1) is 37.0 Å². The van der Waals surface area contributed by atoms with Crippen LogP contribution in [0.1, 0.15) is 13.8 Å². The molecule has 4 rings (SSSR count).